The Hall–Kier alpha value is -1.46. The van der Waals surface area contributed by atoms with Gasteiger partial charge >= 0.3 is 0 Å². The van der Waals surface area contributed by atoms with Crippen LogP contribution in [0.3, 0.4) is 0 Å². The van der Waals surface area contributed by atoms with Gasteiger partial charge in [0.05, 0.1) is 13.2 Å². The zero-order chi connectivity index (χ0) is 27.7. The monoisotopic (exact) mass is 528 g/mol. The molecule has 214 valence electrons. The summed E-state index contributed by atoms with van der Waals surface area (Å²) < 4.78 is 0. The molecule has 0 spiro atoms. The summed E-state index contributed by atoms with van der Waals surface area (Å²) in [4.78, 5) is 23.6. The van der Waals surface area contributed by atoms with E-state index in [0.717, 1.165) is 38.5 Å². The number of carbonyl (C=O) groups is 2. The first-order valence-electron chi connectivity index (χ1n) is 12.2. The maximum absolute atomic E-state index is 11.8. The standard InChI is InChI=1S/C22H44N2O12/c25-11-13(27)15(29)17(31)19(33)21(35)23-9-7-5-3-1-2-4-6-8-10-24-22(36)20(34)18(32)16(30)14(28)12-26/h13-20,25-34H,1-12H2,(H,23,35)(H,24,36)/t13-,14-,15-,16-,17+,18+,19-,20-/m1/s1. The lowest BCUT2D eigenvalue weighted by Gasteiger charge is -2.24. The van der Waals surface area contributed by atoms with Gasteiger partial charge in [-0.15, -0.1) is 0 Å². The van der Waals surface area contributed by atoms with Crippen molar-refractivity contribution in [1.82, 2.24) is 10.6 Å². The van der Waals surface area contributed by atoms with Crippen molar-refractivity contribution in [3.8, 4) is 0 Å². The molecule has 0 heterocycles. The Morgan fingerprint density at radius 1 is 0.472 bits per heavy atom. The summed E-state index contributed by atoms with van der Waals surface area (Å²) >= 11 is 0. The molecule has 0 unspecified atom stereocenters. The Labute approximate surface area is 210 Å². The van der Waals surface area contributed by atoms with E-state index >= 15 is 0 Å². The van der Waals surface area contributed by atoms with Gasteiger partial charge in [0.25, 0.3) is 11.8 Å². The zero-order valence-electron chi connectivity index (χ0n) is 20.4. The molecule has 0 aliphatic rings. The second-order valence-corrected chi connectivity index (χ2v) is 8.76. The summed E-state index contributed by atoms with van der Waals surface area (Å²) in [5, 5.41) is 98.6. The van der Waals surface area contributed by atoms with E-state index in [1.54, 1.807) is 0 Å². The molecule has 0 saturated carbocycles. The molecule has 12 N–H and O–H groups in total. The quantitative estimate of drug-likeness (QED) is 0.0626. The van der Waals surface area contributed by atoms with Crippen LogP contribution in [0.2, 0.25) is 0 Å². The van der Waals surface area contributed by atoms with Gasteiger partial charge in [-0.25, -0.2) is 0 Å². The second-order valence-electron chi connectivity index (χ2n) is 8.76. The van der Waals surface area contributed by atoms with Crippen molar-refractivity contribution < 1.29 is 60.7 Å². The number of hydrogen-bond donors (Lipinski definition) is 12. The number of unbranched alkanes of at least 4 members (excludes halogenated alkanes) is 7. The fourth-order valence-corrected chi connectivity index (χ4v) is 3.30. The van der Waals surface area contributed by atoms with E-state index in [1.165, 1.54) is 0 Å². The number of aliphatic hydroxyl groups excluding tert-OH is 10. The van der Waals surface area contributed by atoms with Gasteiger partial charge in [0.2, 0.25) is 0 Å². The van der Waals surface area contributed by atoms with Gasteiger partial charge in [-0.2, -0.15) is 0 Å². The van der Waals surface area contributed by atoms with Gasteiger partial charge in [-0.1, -0.05) is 38.5 Å². The molecule has 0 rings (SSSR count). The Balaban J connectivity index is 3.78. The number of carbonyl (C=O) groups excluding carboxylic acids is 2. The Morgan fingerprint density at radius 3 is 1.03 bits per heavy atom. The van der Waals surface area contributed by atoms with Crippen LogP contribution in [0.1, 0.15) is 51.4 Å². The second kappa shape index (κ2) is 19.6. The van der Waals surface area contributed by atoms with Crippen molar-refractivity contribution in [1.29, 1.82) is 0 Å². The highest BCUT2D eigenvalue weighted by atomic mass is 16.4. The molecular formula is C22H44N2O12. The molecule has 14 nitrogen and oxygen atoms in total. The van der Waals surface area contributed by atoms with Crippen molar-refractivity contribution in [3.63, 3.8) is 0 Å². The minimum absolute atomic E-state index is 0.261. The van der Waals surface area contributed by atoms with Crippen LogP contribution < -0.4 is 10.6 Å². The van der Waals surface area contributed by atoms with Gasteiger partial charge in [0.1, 0.15) is 36.6 Å². The highest BCUT2D eigenvalue weighted by molar-refractivity contribution is 5.81. The largest absolute Gasteiger partial charge is 0.394 e. The molecule has 36 heavy (non-hydrogen) atoms. The third kappa shape index (κ3) is 13.2. The summed E-state index contributed by atoms with van der Waals surface area (Å²) in [5.41, 5.74) is 0. The molecular weight excluding hydrogens is 484 g/mol. The fraction of sp³-hybridized carbons (Fsp3) is 0.909. The van der Waals surface area contributed by atoms with Crippen LogP contribution in [-0.4, -0.2) is 138 Å². The summed E-state index contributed by atoms with van der Waals surface area (Å²) in [7, 11) is 0. The van der Waals surface area contributed by atoms with Crippen LogP contribution in [0.25, 0.3) is 0 Å². The molecule has 0 saturated heterocycles. The smallest absolute Gasteiger partial charge is 0.251 e. The molecule has 0 aromatic carbocycles. The third-order valence-electron chi connectivity index (χ3n) is 5.75. The predicted octanol–water partition coefficient (Wildman–Crippen LogP) is -4.79. The van der Waals surface area contributed by atoms with Crippen LogP contribution in [0.15, 0.2) is 0 Å². The van der Waals surface area contributed by atoms with Crippen LogP contribution in [-0.2, 0) is 9.59 Å². The third-order valence-corrected chi connectivity index (χ3v) is 5.75. The van der Waals surface area contributed by atoms with E-state index in [0.29, 0.717) is 12.8 Å². The maximum Gasteiger partial charge on any atom is 0.251 e. The predicted molar refractivity (Wildman–Crippen MR) is 125 cm³/mol. The van der Waals surface area contributed by atoms with Crippen LogP contribution >= 0.6 is 0 Å². The van der Waals surface area contributed by atoms with Crippen molar-refractivity contribution in [2.45, 2.75) is 100 Å². The van der Waals surface area contributed by atoms with E-state index in [4.69, 9.17) is 10.2 Å². The van der Waals surface area contributed by atoms with Gasteiger partial charge in [-0.3, -0.25) is 9.59 Å². The molecule has 0 aromatic heterocycles. The lowest BCUT2D eigenvalue weighted by molar-refractivity contribution is -0.149. The Morgan fingerprint density at radius 2 is 0.750 bits per heavy atom. The van der Waals surface area contributed by atoms with Crippen molar-refractivity contribution in [2.24, 2.45) is 0 Å². The van der Waals surface area contributed by atoms with Gasteiger partial charge in [0, 0.05) is 13.1 Å². The fourth-order valence-electron chi connectivity index (χ4n) is 3.30. The van der Waals surface area contributed by atoms with Crippen LogP contribution in [0.4, 0.5) is 0 Å². The number of nitrogens with one attached hydrogen (secondary N) is 2. The van der Waals surface area contributed by atoms with E-state index in [9.17, 15) is 50.4 Å². The van der Waals surface area contributed by atoms with Gasteiger partial charge in [-0.05, 0) is 12.8 Å². The summed E-state index contributed by atoms with van der Waals surface area (Å²) in [5.74, 6) is -1.78. The molecule has 2 amide bonds. The van der Waals surface area contributed by atoms with Crippen LogP contribution in [0.5, 0.6) is 0 Å². The van der Waals surface area contributed by atoms with Crippen molar-refractivity contribution >= 4 is 11.8 Å². The van der Waals surface area contributed by atoms with E-state index in [-0.39, 0.29) is 13.1 Å². The summed E-state index contributed by atoms with van der Waals surface area (Å²) in [6.07, 6.45) is -8.21. The first-order valence-corrected chi connectivity index (χ1v) is 12.2. The minimum Gasteiger partial charge on any atom is -0.394 e. The Bertz CT molecular complexity index is 549. The number of amides is 2. The van der Waals surface area contributed by atoms with Crippen LogP contribution in [0, 0.1) is 0 Å². The number of hydrogen-bond acceptors (Lipinski definition) is 12. The molecule has 14 heteroatoms. The number of aliphatic hydroxyl groups is 10. The van der Waals surface area contributed by atoms with Gasteiger partial charge in [0.15, 0.2) is 12.2 Å². The number of rotatable bonds is 21. The lowest BCUT2D eigenvalue weighted by Crippen LogP contribution is -2.51. The van der Waals surface area contributed by atoms with E-state index in [1.807, 2.05) is 0 Å². The summed E-state index contributed by atoms with van der Waals surface area (Å²) in [6, 6.07) is 0. The zero-order valence-corrected chi connectivity index (χ0v) is 20.4. The normalized spacial score (nSPS) is 18.4. The molecule has 8 atom stereocenters. The minimum atomic E-state index is -1.94. The topological polar surface area (TPSA) is 260 Å². The lowest BCUT2D eigenvalue weighted by atomic mass is 10.0. The van der Waals surface area contributed by atoms with Crippen molar-refractivity contribution in [2.75, 3.05) is 26.3 Å². The highest BCUT2D eigenvalue weighted by Crippen LogP contribution is 2.09. The van der Waals surface area contributed by atoms with Gasteiger partial charge < -0.3 is 61.7 Å². The average molecular weight is 529 g/mol. The Kier molecular flexibility index (Phi) is 18.8. The van der Waals surface area contributed by atoms with E-state index < -0.39 is 73.9 Å². The molecule has 0 aliphatic carbocycles. The highest BCUT2D eigenvalue weighted by Gasteiger charge is 2.34. The molecule has 0 aromatic rings. The maximum atomic E-state index is 11.8. The molecule has 0 bridgehead atoms. The molecule has 0 aliphatic heterocycles. The van der Waals surface area contributed by atoms with E-state index in [2.05, 4.69) is 10.6 Å². The molecule has 0 fully saturated rings. The average Bonchev–Trinajstić information content (AvgIpc) is 2.89. The summed E-state index contributed by atoms with van der Waals surface area (Å²) in [6.45, 7) is -1.14. The van der Waals surface area contributed by atoms with Crippen molar-refractivity contribution in [3.05, 3.63) is 0 Å². The first-order chi connectivity index (χ1) is 17.0. The first kappa shape index (κ1) is 34.5. The molecule has 0 radical (unpaired) electrons. The SMILES string of the molecule is O=C(NCCCCCCCCCCNC(=O)[C@H](O)[C@@H](O)[C@H](O)[C@H](O)CO)[C@H](O)[C@@H](O)[C@H](O)[C@H](O)CO.